The van der Waals surface area contributed by atoms with E-state index in [1.165, 1.54) is 7.11 Å². The summed E-state index contributed by atoms with van der Waals surface area (Å²) in [6, 6.07) is 9.45. The van der Waals surface area contributed by atoms with Crippen molar-refractivity contribution >= 4 is 16.0 Å². The Bertz CT molecular complexity index is 625. The fraction of sp³-hybridized carbons (Fsp3) is 0.562. The van der Waals surface area contributed by atoms with Crippen LogP contribution in [-0.4, -0.2) is 55.4 Å². The number of carboxylic acid groups (broad SMARTS) is 1. The van der Waals surface area contributed by atoms with Crippen molar-refractivity contribution < 1.29 is 23.1 Å². The maximum atomic E-state index is 13.0. The number of rotatable bonds is 9. The quantitative estimate of drug-likeness (QED) is 0.736. The molecule has 1 aliphatic rings. The Kier molecular flexibility index (Phi) is 5.78. The summed E-state index contributed by atoms with van der Waals surface area (Å²) in [6.45, 7) is -0.248. The first-order valence-electron chi connectivity index (χ1n) is 7.66. The second-order valence-corrected chi connectivity index (χ2v) is 8.27. The second-order valence-electron chi connectivity index (χ2n) is 5.94. The second kappa shape index (κ2) is 7.42. The fourth-order valence-electron chi connectivity index (χ4n) is 2.92. The summed E-state index contributed by atoms with van der Waals surface area (Å²) in [5.74, 6) is -1.14. The Morgan fingerprint density at radius 2 is 1.96 bits per heavy atom. The van der Waals surface area contributed by atoms with E-state index in [9.17, 15) is 13.2 Å². The van der Waals surface area contributed by atoms with Crippen molar-refractivity contribution in [3.05, 3.63) is 35.9 Å². The Hall–Kier alpha value is -1.44. The molecule has 0 spiro atoms. The van der Waals surface area contributed by atoms with Crippen molar-refractivity contribution in [2.45, 2.75) is 30.4 Å². The highest BCUT2D eigenvalue weighted by molar-refractivity contribution is 7.90. The van der Waals surface area contributed by atoms with E-state index in [1.807, 2.05) is 30.3 Å². The van der Waals surface area contributed by atoms with Gasteiger partial charge in [0, 0.05) is 13.7 Å². The predicted molar refractivity (Wildman–Crippen MR) is 86.7 cm³/mol. The highest BCUT2D eigenvalue weighted by Gasteiger charge is 2.51. The van der Waals surface area contributed by atoms with E-state index in [2.05, 4.69) is 0 Å². The first kappa shape index (κ1) is 17.9. The van der Waals surface area contributed by atoms with Crippen molar-refractivity contribution in [3.8, 4) is 0 Å². The molecule has 0 aliphatic heterocycles. The van der Waals surface area contributed by atoms with Gasteiger partial charge in [-0.1, -0.05) is 36.8 Å². The van der Waals surface area contributed by atoms with Crippen molar-refractivity contribution in [1.29, 1.82) is 0 Å². The van der Waals surface area contributed by atoms with E-state index in [0.717, 1.165) is 16.3 Å². The van der Waals surface area contributed by atoms with Crippen LogP contribution in [0.25, 0.3) is 0 Å². The monoisotopic (exact) mass is 341 g/mol. The molecule has 0 unspecified atom stereocenters. The summed E-state index contributed by atoms with van der Waals surface area (Å²) in [7, 11) is -2.25. The van der Waals surface area contributed by atoms with Crippen LogP contribution in [0.1, 0.15) is 24.8 Å². The minimum atomic E-state index is -3.73. The largest absolute Gasteiger partial charge is 0.480 e. The molecule has 0 amide bonds. The van der Waals surface area contributed by atoms with E-state index >= 15 is 0 Å². The van der Waals surface area contributed by atoms with E-state index in [-0.39, 0.29) is 13.2 Å². The van der Waals surface area contributed by atoms with Crippen LogP contribution >= 0.6 is 0 Å². The average Bonchev–Trinajstić information content (AvgIpc) is 2.47. The van der Waals surface area contributed by atoms with Crippen LogP contribution in [0.5, 0.6) is 0 Å². The minimum absolute atomic E-state index is 0.108. The molecule has 0 saturated heterocycles. The van der Waals surface area contributed by atoms with Crippen LogP contribution in [0.15, 0.2) is 30.3 Å². The van der Waals surface area contributed by atoms with Crippen LogP contribution in [0.3, 0.4) is 0 Å². The molecule has 128 valence electrons. The number of carboxylic acids is 1. The average molecular weight is 341 g/mol. The zero-order chi connectivity index (χ0) is 16.9. The standard InChI is InChI=1S/C16H23NO5S/c1-22-13-16(9-5-10-16)23(20,21)17(12-15(18)19)11-8-14-6-3-2-4-7-14/h2-4,6-7H,5,8-13H2,1H3,(H,18,19). The molecule has 1 N–H and O–H groups in total. The van der Waals surface area contributed by atoms with E-state index < -0.39 is 27.3 Å². The van der Waals surface area contributed by atoms with Gasteiger partial charge in [-0.15, -0.1) is 0 Å². The van der Waals surface area contributed by atoms with Gasteiger partial charge >= 0.3 is 5.97 Å². The summed E-state index contributed by atoms with van der Waals surface area (Å²) >= 11 is 0. The van der Waals surface area contributed by atoms with Crippen LogP contribution in [0.2, 0.25) is 0 Å². The van der Waals surface area contributed by atoms with Gasteiger partial charge in [-0.3, -0.25) is 4.79 Å². The van der Waals surface area contributed by atoms with Gasteiger partial charge in [-0.25, -0.2) is 8.42 Å². The third-order valence-corrected chi connectivity index (χ3v) is 6.98. The first-order valence-corrected chi connectivity index (χ1v) is 9.10. The number of aliphatic carboxylic acids is 1. The molecule has 2 rings (SSSR count). The number of methoxy groups -OCH3 is 1. The highest BCUT2D eigenvalue weighted by Crippen LogP contribution is 2.41. The Morgan fingerprint density at radius 3 is 2.43 bits per heavy atom. The molecule has 0 atom stereocenters. The molecule has 0 heterocycles. The van der Waals surface area contributed by atoms with E-state index in [0.29, 0.717) is 19.3 Å². The van der Waals surface area contributed by atoms with E-state index in [4.69, 9.17) is 9.84 Å². The molecule has 0 aromatic heterocycles. The number of hydrogen-bond acceptors (Lipinski definition) is 4. The van der Waals surface area contributed by atoms with Gasteiger partial charge in [0.25, 0.3) is 0 Å². The lowest BCUT2D eigenvalue weighted by atomic mass is 9.85. The topological polar surface area (TPSA) is 83.9 Å². The van der Waals surface area contributed by atoms with Crippen molar-refractivity contribution in [3.63, 3.8) is 0 Å². The molecule has 1 aromatic carbocycles. The van der Waals surface area contributed by atoms with Crippen LogP contribution in [0, 0.1) is 0 Å². The van der Waals surface area contributed by atoms with Gasteiger partial charge in [-0.2, -0.15) is 4.31 Å². The maximum Gasteiger partial charge on any atom is 0.318 e. The summed E-state index contributed by atoms with van der Waals surface area (Å²) in [4.78, 5) is 11.1. The maximum absolute atomic E-state index is 13.0. The summed E-state index contributed by atoms with van der Waals surface area (Å²) in [5, 5.41) is 9.09. The van der Waals surface area contributed by atoms with Gasteiger partial charge in [0.05, 0.1) is 6.61 Å². The summed E-state index contributed by atoms with van der Waals surface area (Å²) < 4.78 is 31.2. The number of benzene rings is 1. The Balaban J connectivity index is 2.18. The SMILES string of the molecule is COCC1(S(=O)(=O)N(CCc2ccccc2)CC(=O)O)CCC1. The third kappa shape index (κ3) is 3.91. The molecule has 6 nitrogen and oxygen atoms in total. The lowest BCUT2D eigenvalue weighted by Gasteiger charge is -2.43. The molecule has 1 fully saturated rings. The first-order chi connectivity index (χ1) is 10.9. The Labute approximate surface area is 137 Å². The zero-order valence-corrected chi connectivity index (χ0v) is 14.1. The molecular formula is C16H23NO5S. The van der Waals surface area contributed by atoms with Crippen molar-refractivity contribution in [1.82, 2.24) is 4.31 Å². The van der Waals surface area contributed by atoms with Gasteiger partial charge in [0.2, 0.25) is 10.0 Å². The molecule has 1 aromatic rings. The molecule has 0 radical (unpaired) electrons. The number of sulfonamides is 1. The smallest absolute Gasteiger partial charge is 0.318 e. The normalized spacial score (nSPS) is 17.0. The van der Waals surface area contributed by atoms with Gasteiger partial charge in [-0.05, 0) is 24.8 Å². The van der Waals surface area contributed by atoms with Crippen LogP contribution < -0.4 is 0 Å². The predicted octanol–water partition coefficient (Wildman–Crippen LogP) is 1.51. The highest BCUT2D eigenvalue weighted by atomic mass is 32.2. The number of ether oxygens (including phenoxy) is 1. The summed E-state index contributed by atoms with van der Waals surface area (Å²) in [5.41, 5.74) is 0.979. The zero-order valence-electron chi connectivity index (χ0n) is 13.3. The van der Waals surface area contributed by atoms with E-state index in [1.54, 1.807) is 0 Å². The van der Waals surface area contributed by atoms with Gasteiger partial charge in [0.15, 0.2) is 0 Å². The molecule has 1 aliphatic carbocycles. The van der Waals surface area contributed by atoms with Gasteiger partial charge < -0.3 is 9.84 Å². The number of hydrogen-bond donors (Lipinski definition) is 1. The molecule has 1 saturated carbocycles. The lowest BCUT2D eigenvalue weighted by molar-refractivity contribution is -0.137. The van der Waals surface area contributed by atoms with Crippen molar-refractivity contribution in [2.75, 3.05) is 26.8 Å². The number of nitrogens with zero attached hydrogens (tertiary/aromatic N) is 1. The lowest BCUT2D eigenvalue weighted by Crippen LogP contribution is -2.56. The molecule has 23 heavy (non-hydrogen) atoms. The fourth-order valence-corrected chi connectivity index (χ4v) is 5.15. The molecule has 7 heteroatoms. The van der Waals surface area contributed by atoms with Gasteiger partial charge in [0.1, 0.15) is 11.3 Å². The summed E-state index contributed by atoms with van der Waals surface area (Å²) in [6.07, 6.45) is 2.34. The number of carbonyl (C=O) groups is 1. The van der Waals surface area contributed by atoms with Crippen LogP contribution in [0.4, 0.5) is 0 Å². The molecule has 0 bridgehead atoms. The van der Waals surface area contributed by atoms with Crippen molar-refractivity contribution in [2.24, 2.45) is 0 Å². The molecular weight excluding hydrogens is 318 g/mol. The van der Waals surface area contributed by atoms with Crippen LogP contribution in [-0.2, 0) is 26.0 Å². The minimum Gasteiger partial charge on any atom is -0.480 e. The third-order valence-electron chi connectivity index (χ3n) is 4.36. The Morgan fingerprint density at radius 1 is 1.30 bits per heavy atom.